The zero-order valence-electron chi connectivity index (χ0n) is 16.0. The average Bonchev–Trinajstić information content (AvgIpc) is 3.47. The molecule has 1 heterocycles. The van der Waals surface area contributed by atoms with Gasteiger partial charge in [-0.05, 0) is 44.7 Å². The number of anilines is 1. The number of hydrogen-bond acceptors (Lipinski definition) is 5. The normalized spacial score (nSPS) is 20.8. The van der Waals surface area contributed by atoms with Gasteiger partial charge < -0.3 is 21.1 Å². The van der Waals surface area contributed by atoms with E-state index in [9.17, 15) is 14.0 Å². The van der Waals surface area contributed by atoms with Crippen LogP contribution in [0.3, 0.4) is 0 Å². The maximum atomic E-state index is 14.1. The summed E-state index contributed by atoms with van der Waals surface area (Å²) in [6.45, 7) is 3.43. The monoisotopic (exact) mass is 388 g/mol. The van der Waals surface area contributed by atoms with E-state index in [0.29, 0.717) is 35.2 Å². The van der Waals surface area contributed by atoms with Crippen molar-refractivity contribution in [3.63, 3.8) is 0 Å². The molecule has 0 unspecified atom stereocenters. The minimum atomic E-state index is -2.31. The van der Waals surface area contributed by atoms with Crippen LogP contribution in [-0.2, 0) is 16.0 Å². The van der Waals surface area contributed by atoms with E-state index in [4.69, 9.17) is 16.2 Å². The first-order chi connectivity index (χ1) is 13.3. The number of hydrogen-bond donors (Lipinski definition) is 2. The van der Waals surface area contributed by atoms with Crippen LogP contribution in [0.25, 0.3) is 5.57 Å². The number of nitrogens with two attached hydrogens (primary N) is 2. The number of ether oxygens (including phenoxy) is 1. The van der Waals surface area contributed by atoms with E-state index in [1.54, 1.807) is 23.2 Å². The highest BCUT2D eigenvalue weighted by atomic mass is 19.1. The number of fused-ring (bicyclic) bond motifs is 1. The van der Waals surface area contributed by atoms with E-state index < -0.39 is 12.3 Å². The van der Waals surface area contributed by atoms with Crippen LogP contribution < -0.4 is 21.1 Å². The molecule has 2 aliphatic rings. The number of alkyl halides is 1. The van der Waals surface area contributed by atoms with Crippen LogP contribution in [0.2, 0.25) is 0 Å². The molecule has 0 saturated heterocycles. The second-order valence-electron chi connectivity index (χ2n) is 7.18. The first-order valence-corrected chi connectivity index (χ1v) is 9.34. The number of benzene rings is 1. The van der Waals surface area contributed by atoms with Gasteiger partial charge in [0.1, 0.15) is 5.75 Å². The smallest absolute Gasteiger partial charge is 0.316 e. The number of amides is 2. The zero-order chi connectivity index (χ0) is 20.4. The lowest BCUT2D eigenvalue weighted by Gasteiger charge is -2.36. The second-order valence-corrected chi connectivity index (χ2v) is 7.18. The number of allylic oxidation sites excluding steroid dienone is 1. The summed E-state index contributed by atoms with van der Waals surface area (Å²) in [5, 5.41) is 0. The SMILES string of the molecule is CC(=O)N1c2ccc(C(C=NC3CC3)=CN)c(O[C@@H](F)C(N)=O)c2CC[C@@H]1C. The third-order valence-corrected chi connectivity index (χ3v) is 4.99. The molecule has 2 atom stereocenters. The number of carbonyl (C=O) groups excluding carboxylic acids is 2. The summed E-state index contributed by atoms with van der Waals surface area (Å²) in [5.74, 6) is -1.18. The molecule has 1 aliphatic heterocycles. The molecule has 2 amide bonds. The highest BCUT2D eigenvalue weighted by molar-refractivity contribution is 6.11. The average molecular weight is 388 g/mol. The van der Waals surface area contributed by atoms with Gasteiger partial charge in [0.05, 0.1) is 11.7 Å². The maximum absolute atomic E-state index is 14.1. The Hall–Kier alpha value is -2.90. The van der Waals surface area contributed by atoms with Crippen molar-refractivity contribution in [2.45, 2.75) is 58.0 Å². The summed E-state index contributed by atoms with van der Waals surface area (Å²) in [4.78, 5) is 29.5. The maximum Gasteiger partial charge on any atom is 0.316 e. The molecule has 1 saturated carbocycles. The van der Waals surface area contributed by atoms with Crippen molar-refractivity contribution < 1.29 is 18.7 Å². The molecule has 4 N–H and O–H groups in total. The Balaban J connectivity index is 2.11. The van der Waals surface area contributed by atoms with E-state index in [0.717, 1.165) is 12.8 Å². The van der Waals surface area contributed by atoms with Gasteiger partial charge in [-0.2, -0.15) is 4.39 Å². The summed E-state index contributed by atoms with van der Waals surface area (Å²) >= 11 is 0. The second kappa shape index (κ2) is 8.00. The van der Waals surface area contributed by atoms with Crippen LogP contribution in [0.5, 0.6) is 5.75 Å². The van der Waals surface area contributed by atoms with Gasteiger partial charge in [-0.1, -0.05) is 0 Å². The molecule has 1 aliphatic carbocycles. The minimum absolute atomic E-state index is 0.00182. The third kappa shape index (κ3) is 4.00. The summed E-state index contributed by atoms with van der Waals surface area (Å²) in [6, 6.07) is 3.78. The van der Waals surface area contributed by atoms with E-state index >= 15 is 0 Å². The number of rotatable bonds is 6. The van der Waals surface area contributed by atoms with Gasteiger partial charge in [-0.25, -0.2) is 0 Å². The topological polar surface area (TPSA) is 111 Å². The predicted molar refractivity (Wildman–Crippen MR) is 106 cm³/mol. The number of carbonyl (C=O) groups is 2. The molecule has 3 rings (SSSR count). The zero-order valence-corrected chi connectivity index (χ0v) is 16.0. The van der Waals surface area contributed by atoms with E-state index in [1.165, 1.54) is 13.1 Å². The van der Waals surface area contributed by atoms with Crippen LogP contribution in [0.4, 0.5) is 10.1 Å². The Labute approximate surface area is 163 Å². The molecule has 1 aromatic rings. The number of aliphatic imine (C=N–C) groups is 1. The van der Waals surface area contributed by atoms with Crippen LogP contribution in [0.15, 0.2) is 23.3 Å². The molecule has 0 radical (unpaired) electrons. The van der Waals surface area contributed by atoms with Crippen LogP contribution in [0.1, 0.15) is 44.2 Å². The molecule has 1 fully saturated rings. The number of halogens is 1. The van der Waals surface area contributed by atoms with Crippen molar-refractivity contribution in [2.75, 3.05) is 4.90 Å². The fraction of sp³-hybridized carbons (Fsp3) is 0.450. The third-order valence-electron chi connectivity index (χ3n) is 4.99. The molecule has 0 bridgehead atoms. The van der Waals surface area contributed by atoms with Gasteiger partial charge >= 0.3 is 6.36 Å². The van der Waals surface area contributed by atoms with Gasteiger partial charge in [0, 0.05) is 42.1 Å². The summed E-state index contributed by atoms with van der Waals surface area (Å²) in [5.41, 5.74) is 13.2. The molecular weight excluding hydrogens is 363 g/mol. The van der Waals surface area contributed by atoms with Crippen molar-refractivity contribution in [1.82, 2.24) is 0 Å². The molecule has 0 spiro atoms. The van der Waals surface area contributed by atoms with E-state index in [1.807, 2.05) is 6.92 Å². The Bertz CT molecular complexity index is 848. The van der Waals surface area contributed by atoms with Gasteiger partial charge in [-0.15, -0.1) is 0 Å². The molecular formula is C20H25FN4O3. The van der Waals surface area contributed by atoms with E-state index in [-0.39, 0.29) is 23.7 Å². The van der Waals surface area contributed by atoms with Gasteiger partial charge in [0.25, 0.3) is 5.91 Å². The lowest BCUT2D eigenvalue weighted by atomic mass is 9.92. The lowest BCUT2D eigenvalue weighted by molar-refractivity contribution is -0.132. The number of nitrogens with zero attached hydrogens (tertiary/aromatic N) is 2. The van der Waals surface area contributed by atoms with Crippen molar-refractivity contribution in [3.8, 4) is 5.75 Å². The quantitative estimate of drug-likeness (QED) is 0.727. The minimum Gasteiger partial charge on any atom is -0.451 e. The predicted octanol–water partition coefficient (Wildman–Crippen LogP) is 2.07. The molecule has 0 aromatic heterocycles. The Morgan fingerprint density at radius 2 is 2.07 bits per heavy atom. The van der Waals surface area contributed by atoms with Gasteiger partial charge in [0.15, 0.2) is 0 Å². The van der Waals surface area contributed by atoms with Crippen molar-refractivity contribution in [2.24, 2.45) is 16.5 Å². The molecule has 7 nitrogen and oxygen atoms in total. The Kier molecular flexibility index (Phi) is 5.67. The van der Waals surface area contributed by atoms with Crippen LogP contribution in [-0.4, -0.2) is 36.5 Å². The molecule has 8 heteroatoms. The van der Waals surface area contributed by atoms with Crippen LogP contribution in [0, 0.1) is 0 Å². The molecule has 28 heavy (non-hydrogen) atoms. The summed E-state index contributed by atoms with van der Waals surface area (Å²) in [6.07, 6.45) is 3.99. The first-order valence-electron chi connectivity index (χ1n) is 9.34. The van der Waals surface area contributed by atoms with E-state index in [2.05, 4.69) is 4.99 Å². The largest absolute Gasteiger partial charge is 0.451 e. The van der Waals surface area contributed by atoms with Gasteiger partial charge in [-0.3, -0.25) is 14.6 Å². The number of primary amides is 1. The summed E-state index contributed by atoms with van der Waals surface area (Å²) in [7, 11) is 0. The van der Waals surface area contributed by atoms with Crippen molar-refractivity contribution in [3.05, 3.63) is 29.5 Å². The standard InChI is InChI=1S/C20H25FN4O3/c1-11-3-6-16-17(25(11)12(2)26)8-7-15(18(16)28-19(21)20(23)27)13(9-22)10-24-14-4-5-14/h7-11,14,19H,3-6,22H2,1-2H3,(H2,23,27)/t11-,19+/m0/s1. The van der Waals surface area contributed by atoms with Crippen molar-refractivity contribution >= 4 is 29.3 Å². The highest BCUT2D eigenvalue weighted by Crippen LogP contribution is 2.41. The molecule has 150 valence electrons. The lowest BCUT2D eigenvalue weighted by Crippen LogP contribution is -2.41. The van der Waals surface area contributed by atoms with Crippen LogP contribution >= 0.6 is 0 Å². The van der Waals surface area contributed by atoms with Crippen molar-refractivity contribution in [1.29, 1.82) is 0 Å². The fourth-order valence-electron chi connectivity index (χ4n) is 3.42. The highest BCUT2D eigenvalue weighted by Gasteiger charge is 2.31. The van der Waals surface area contributed by atoms with Gasteiger partial charge in [0.2, 0.25) is 5.91 Å². The Morgan fingerprint density at radius 3 is 2.64 bits per heavy atom. The Morgan fingerprint density at radius 1 is 1.36 bits per heavy atom. The fourth-order valence-corrected chi connectivity index (χ4v) is 3.42. The summed E-state index contributed by atoms with van der Waals surface area (Å²) < 4.78 is 19.5. The first kappa shape index (κ1) is 19.9. The molecule has 1 aromatic carbocycles.